The Kier molecular flexibility index (Phi) is 6.05. The van der Waals surface area contributed by atoms with Gasteiger partial charge in [-0.25, -0.2) is 0 Å². The van der Waals surface area contributed by atoms with Crippen molar-refractivity contribution in [1.82, 2.24) is 5.32 Å². The lowest BCUT2D eigenvalue weighted by molar-refractivity contribution is -0.132. The molecule has 0 heterocycles. The Morgan fingerprint density at radius 3 is 2.60 bits per heavy atom. The predicted molar refractivity (Wildman–Crippen MR) is 82.2 cm³/mol. The molecule has 1 aromatic carbocycles. The van der Waals surface area contributed by atoms with Crippen LogP contribution >= 0.6 is 11.8 Å². The van der Waals surface area contributed by atoms with Crippen LogP contribution in [0.5, 0.6) is 5.75 Å². The fraction of sp³-hybridized carbons (Fsp3) is 0.533. The topological polar surface area (TPSA) is 58.6 Å². The average molecular weight is 297 g/mol. The second-order valence-corrected chi connectivity index (χ2v) is 6.50. The SMILES string of the molecule is CSc1cc(C(O)CNC(C)(C)C)ccc1OC(C)=O. The molecule has 0 fully saturated rings. The zero-order valence-corrected chi connectivity index (χ0v) is 13.5. The minimum absolute atomic E-state index is 0.0407. The van der Waals surface area contributed by atoms with E-state index in [1.165, 1.54) is 18.7 Å². The molecule has 112 valence electrons. The smallest absolute Gasteiger partial charge is 0.308 e. The normalized spacial score (nSPS) is 13.1. The highest BCUT2D eigenvalue weighted by Gasteiger charge is 2.15. The number of ether oxygens (including phenoxy) is 1. The first-order chi connectivity index (χ1) is 9.23. The molecule has 1 unspecified atom stereocenters. The molecule has 0 saturated carbocycles. The molecule has 0 saturated heterocycles. The summed E-state index contributed by atoms with van der Waals surface area (Å²) < 4.78 is 5.13. The third-order valence-electron chi connectivity index (χ3n) is 2.65. The third-order valence-corrected chi connectivity index (χ3v) is 3.41. The van der Waals surface area contributed by atoms with Crippen molar-refractivity contribution in [3.63, 3.8) is 0 Å². The average Bonchev–Trinajstić information content (AvgIpc) is 2.34. The molecule has 1 aromatic rings. The maximum atomic E-state index is 11.0. The van der Waals surface area contributed by atoms with Crippen LogP contribution in [0.4, 0.5) is 0 Å². The molecule has 2 N–H and O–H groups in total. The summed E-state index contributed by atoms with van der Waals surface area (Å²) in [5.74, 6) is 0.188. The van der Waals surface area contributed by atoms with E-state index in [0.717, 1.165) is 10.5 Å². The maximum Gasteiger partial charge on any atom is 0.308 e. The van der Waals surface area contributed by atoms with E-state index in [4.69, 9.17) is 4.74 Å². The van der Waals surface area contributed by atoms with Crippen LogP contribution in [0.15, 0.2) is 23.1 Å². The van der Waals surface area contributed by atoms with Crippen molar-refractivity contribution in [1.29, 1.82) is 0 Å². The fourth-order valence-corrected chi connectivity index (χ4v) is 2.22. The molecular formula is C15H23NO3S. The Labute approximate surface area is 124 Å². The number of carbonyl (C=O) groups excluding carboxylic acids is 1. The lowest BCUT2D eigenvalue weighted by atomic mass is 10.1. The van der Waals surface area contributed by atoms with E-state index in [2.05, 4.69) is 26.1 Å². The van der Waals surface area contributed by atoms with Crippen molar-refractivity contribution in [2.24, 2.45) is 0 Å². The summed E-state index contributed by atoms with van der Waals surface area (Å²) in [6.45, 7) is 8.01. The largest absolute Gasteiger partial charge is 0.426 e. The number of hydrogen-bond acceptors (Lipinski definition) is 5. The molecule has 0 aliphatic heterocycles. The van der Waals surface area contributed by atoms with Gasteiger partial charge in [-0.2, -0.15) is 0 Å². The summed E-state index contributed by atoms with van der Waals surface area (Å²) >= 11 is 1.48. The van der Waals surface area contributed by atoms with Crippen molar-refractivity contribution in [3.8, 4) is 5.75 Å². The van der Waals surface area contributed by atoms with Gasteiger partial charge >= 0.3 is 5.97 Å². The van der Waals surface area contributed by atoms with Crippen LogP contribution in [-0.4, -0.2) is 29.4 Å². The minimum Gasteiger partial charge on any atom is -0.426 e. The number of nitrogens with one attached hydrogen (secondary N) is 1. The van der Waals surface area contributed by atoms with Crippen LogP contribution in [0.1, 0.15) is 39.4 Å². The second-order valence-electron chi connectivity index (χ2n) is 5.65. The van der Waals surface area contributed by atoms with Gasteiger partial charge < -0.3 is 15.2 Å². The summed E-state index contributed by atoms with van der Waals surface area (Å²) in [6, 6.07) is 5.37. The first-order valence-electron chi connectivity index (χ1n) is 6.52. The summed E-state index contributed by atoms with van der Waals surface area (Å²) in [7, 11) is 0. The number of esters is 1. The number of thioether (sulfide) groups is 1. The van der Waals surface area contributed by atoms with Crippen LogP contribution in [-0.2, 0) is 4.79 Å². The number of aliphatic hydroxyl groups is 1. The van der Waals surface area contributed by atoms with Gasteiger partial charge in [0.05, 0.1) is 11.0 Å². The molecule has 4 nitrogen and oxygen atoms in total. The zero-order chi connectivity index (χ0) is 15.3. The number of carbonyl (C=O) groups is 1. The van der Waals surface area contributed by atoms with E-state index in [0.29, 0.717) is 12.3 Å². The summed E-state index contributed by atoms with van der Waals surface area (Å²) in [6.07, 6.45) is 1.32. The second kappa shape index (κ2) is 7.11. The molecule has 0 aliphatic carbocycles. The van der Waals surface area contributed by atoms with Crippen molar-refractivity contribution >= 4 is 17.7 Å². The molecule has 1 atom stereocenters. The number of hydrogen-bond donors (Lipinski definition) is 2. The molecular weight excluding hydrogens is 274 g/mol. The van der Waals surface area contributed by atoms with Crippen LogP contribution in [0.2, 0.25) is 0 Å². The maximum absolute atomic E-state index is 11.0. The van der Waals surface area contributed by atoms with Crippen molar-refractivity contribution < 1.29 is 14.6 Å². The Morgan fingerprint density at radius 1 is 1.45 bits per heavy atom. The summed E-state index contributed by atoms with van der Waals surface area (Å²) in [4.78, 5) is 11.9. The van der Waals surface area contributed by atoms with Gasteiger partial charge in [0.25, 0.3) is 0 Å². The Morgan fingerprint density at radius 2 is 2.10 bits per heavy atom. The summed E-state index contributed by atoms with van der Waals surface area (Å²) in [5, 5.41) is 13.5. The molecule has 0 bridgehead atoms. The van der Waals surface area contributed by atoms with Crippen LogP contribution < -0.4 is 10.1 Å². The van der Waals surface area contributed by atoms with Gasteiger partial charge in [-0.1, -0.05) is 6.07 Å². The predicted octanol–water partition coefficient (Wildman–Crippen LogP) is 2.76. The van der Waals surface area contributed by atoms with Gasteiger partial charge in [-0.3, -0.25) is 4.79 Å². The van der Waals surface area contributed by atoms with E-state index in [-0.39, 0.29) is 11.5 Å². The van der Waals surface area contributed by atoms with Gasteiger partial charge in [-0.15, -0.1) is 11.8 Å². The van der Waals surface area contributed by atoms with Gasteiger partial charge in [0, 0.05) is 19.0 Å². The molecule has 5 heteroatoms. The van der Waals surface area contributed by atoms with Crippen LogP contribution in [0, 0.1) is 0 Å². The van der Waals surface area contributed by atoms with Crippen LogP contribution in [0.25, 0.3) is 0 Å². The van der Waals surface area contributed by atoms with E-state index >= 15 is 0 Å². The molecule has 1 rings (SSSR count). The van der Waals surface area contributed by atoms with Gasteiger partial charge in [0.15, 0.2) is 0 Å². The standard InChI is InChI=1S/C15H23NO3S/c1-10(17)19-13-7-6-11(8-14(13)20-5)12(18)9-16-15(2,3)4/h6-8,12,16,18H,9H2,1-5H3. The number of rotatable bonds is 5. The van der Waals surface area contributed by atoms with Gasteiger partial charge in [-0.05, 0) is 44.7 Å². The van der Waals surface area contributed by atoms with E-state index in [1.807, 2.05) is 12.3 Å². The first kappa shape index (κ1) is 17.0. The highest BCUT2D eigenvalue weighted by Crippen LogP contribution is 2.30. The Bertz CT molecular complexity index is 469. The van der Waals surface area contributed by atoms with E-state index in [9.17, 15) is 9.90 Å². The van der Waals surface area contributed by atoms with Crippen molar-refractivity contribution in [2.75, 3.05) is 12.8 Å². The Hall–Kier alpha value is -1.04. The van der Waals surface area contributed by atoms with Gasteiger partial charge in [0.1, 0.15) is 5.75 Å². The first-order valence-corrected chi connectivity index (χ1v) is 7.75. The fourth-order valence-electron chi connectivity index (χ4n) is 1.65. The van der Waals surface area contributed by atoms with Crippen LogP contribution in [0.3, 0.4) is 0 Å². The molecule has 0 spiro atoms. The molecule has 0 radical (unpaired) electrons. The highest BCUT2D eigenvalue weighted by molar-refractivity contribution is 7.98. The molecule has 20 heavy (non-hydrogen) atoms. The van der Waals surface area contributed by atoms with E-state index < -0.39 is 6.10 Å². The van der Waals surface area contributed by atoms with Crippen molar-refractivity contribution in [2.45, 2.75) is 44.2 Å². The highest BCUT2D eigenvalue weighted by atomic mass is 32.2. The van der Waals surface area contributed by atoms with Crippen molar-refractivity contribution in [3.05, 3.63) is 23.8 Å². The monoisotopic (exact) mass is 297 g/mol. The lowest BCUT2D eigenvalue weighted by Gasteiger charge is -2.23. The third kappa shape index (κ3) is 5.53. The molecule has 0 aliphatic rings. The molecule has 0 amide bonds. The number of benzene rings is 1. The molecule has 0 aromatic heterocycles. The number of aliphatic hydroxyl groups excluding tert-OH is 1. The number of β-amino-alcohol motifs (C(OH)–C–C–N with tert-alkyl or cyclic N) is 1. The lowest BCUT2D eigenvalue weighted by Crippen LogP contribution is -2.38. The zero-order valence-electron chi connectivity index (χ0n) is 12.7. The van der Waals surface area contributed by atoms with E-state index in [1.54, 1.807) is 12.1 Å². The summed E-state index contributed by atoms with van der Waals surface area (Å²) in [5.41, 5.74) is 0.767. The quantitative estimate of drug-likeness (QED) is 0.497. The minimum atomic E-state index is -0.591. The van der Waals surface area contributed by atoms with Gasteiger partial charge in [0.2, 0.25) is 0 Å². The Balaban J connectivity index is 2.83.